The Labute approximate surface area is 106 Å². The fourth-order valence-corrected chi connectivity index (χ4v) is 2.14. The molecule has 1 aromatic rings. The van der Waals surface area contributed by atoms with Crippen molar-refractivity contribution >= 4 is 5.69 Å². The maximum absolute atomic E-state index is 12.1. The second kappa shape index (κ2) is 6.00. The van der Waals surface area contributed by atoms with Crippen molar-refractivity contribution in [3.05, 3.63) is 23.8 Å². The molecule has 100 valence electrons. The highest BCUT2D eigenvalue weighted by molar-refractivity contribution is 5.56. The summed E-state index contributed by atoms with van der Waals surface area (Å²) in [6, 6.07) is 5.52. The molecule has 1 saturated heterocycles. The normalized spacial score (nSPS) is 16.1. The lowest BCUT2D eigenvalue weighted by molar-refractivity contribution is 0.0819. The zero-order valence-electron chi connectivity index (χ0n) is 10.5. The fraction of sp³-hybridized carbons (Fsp3) is 0.538. The van der Waals surface area contributed by atoms with Gasteiger partial charge in [-0.3, -0.25) is 0 Å². The van der Waals surface area contributed by atoms with Crippen LogP contribution in [0.1, 0.15) is 5.56 Å². The lowest BCUT2D eigenvalue weighted by Crippen LogP contribution is -2.43. The maximum Gasteiger partial charge on any atom is 0.272 e. The van der Waals surface area contributed by atoms with Crippen LogP contribution in [0.4, 0.5) is 14.5 Å². The Bertz CT molecular complexity index is 393. The third-order valence-electron chi connectivity index (χ3n) is 3.00. The minimum Gasteiger partial charge on any atom is -0.488 e. The van der Waals surface area contributed by atoms with Crippen molar-refractivity contribution in [2.75, 3.05) is 37.7 Å². The molecule has 2 rings (SSSR count). The molecule has 3 nitrogen and oxygen atoms in total. The lowest BCUT2D eigenvalue weighted by Gasteiger charge is -2.30. The summed E-state index contributed by atoms with van der Waals surface area (Å²) in [7, 11) is 0. The summed E-state index contributed by atoms with van der Waals surface area (Å²) >= 11 is 0. The van der Waals surface area contributed by atoms with Gasteiger partial charge in [-0.25, -0.2) is 8.78 Å². The third kappa shape index (κ3) is 3.32. The van der Waals surface area contributed by atoms with Crippen LogP contribution in [0.2, 0.25) is 0 Å². The number of piperazine rings is 1. The second-order valence-corrected chi connectivity index (χ2v) is 4.39. The van der Waals surface area contributed by atoms with Crippen molar-refractivity contribution in [2.24, 2.45) is 0 Å². The number of hydrogen-bond donors (Lipinski definition) is 1. The predicted molar refractivity (Wildman–Crippen MR) is 67.8 cm³/mol. The highest BCUT2D eigenvalue weighted by Gasteiger charge is 2.13. The Morgan fingerprint density at radius 3 is 2.67 bits per heavy atom. The Morgan fingerprint density at radius 2 is 2.06 bits per heavy atom. The Hall–Kier alpha value is -1.36. The van der Waals surface area contributed by atoms with Gasteiger partial charge in [-0.05, 0) is 30.7 Å². The van der Waals surface area contributed by atoms with Gasteiger partial charge in [-0.15, -0.1) is 0 Å². The molecule has 1 aromatic carbocycles. The minimum absolute atomic E-state index is 0.506. The van der Waals surface area contributed by atoms with Crippen LogP contribution in [0.3, 0.4) is 0 Å². The van der Waals surface area contributed by atoms with Gasteiger partial charge in [0.2, 0.25) is 0 Å². The van der Waals surface area contributed by atoms with E-state index in [0.717, 1.165) is 37.4 Å². The van der Waals surface area contributed by atoms with Gasteiger partial charge in [-0.2, -0.15) is 0 Å². The molecular weight excluding hydrogens is 238 g/mol. The van der Waals surface area contributed by atoms with Crippen molar-refractivity contribution < 1.29 is 13.5 Å². The molecule has 0 radical (unpaired) electrons. The molecule has 0 bridgehead atoms. The number of nitrogens with zero attached hydrogens (tertiary/aromatic N) is 1. The van der Waals surface area contributed by atoms with Crippen LogP contribution in [-0.4, -0.2) is 39.2 Å². The first-order valence-corrected chi connectivity index (χ1v) is 6.14. The number of benzene rings is 1. The van der Waals surface area contributed by atoms with Gasteiger partial charge in [0.1, 0.15) is 12.4 Å². The average Bonchev–Trinajstić information content (AvgIpc) is 2.37. The quantitative estimate of drug-likeness (QED) is 0.892. The van der Waals surface area contributed by atoms with E-state index in [4.69, 9.17) is 4.74 Å². The van der Waals surface area contributed by atoms with Gasteiger partial charge < -0.3 is 15.0 Å². The fourth-order valence-electron chi connectivity index (χ4n) is 2.14. The Kier molecular flexibility index (Phi) is 4.36. The van der Waals surface area contributed by atoms with Crippen LogP contribution in [-0.2, 0) is 0 Å². The van der Waals surface area contributed by atoms with Crippen LogP contribution in [0.25, 0.3) is 0 Å². The molecule has 1 fully saturated rings. The van der Waals surface area contributed by atoms with Crippen LogP contribution < -0.4 is 15.0 Å². The number of halogens is 2. The topological polar surface area (TPSA) is 24.5 Å². The summed E-state index contributed by atoms with van der Waals surface area (Å²) in [5.74, 6) is 0.506. The van der Waals surface area contributed by atoms with E-state index in [9.17, 15) is 8.78 Å². The van der Waals surface area contributed by atoms with E-state index in [0.29, 0.717) is 5.75 Å². The first-order chi connectivity index (χ1) is 8.66. The summed E-state index contributed by atoms with van der Waals surface area (Å²) in [5, 5.41) is 3.30. The van der Waals surface area contributed by atoms with Crippen LogP contribution >= 0.6 is 0 Å². The van der Waals surface area contributed by atoms with Crippen molar-refractivity contribution in [3.63, 3.8) is 0 Å². The third-order valence-corrected chi connectivity index (χ3v) is 3.00. The summed E-state index contributed by atoms with van der Waals surface area (Å²) in [6.07, 6.45) is -2.43. The maximum atomic E-state index is 12.1. The molecule has 0 saturated carbocycles. The number of nitrogens with one attached hydrogen (secondary N) is 1. The predicted octanol–water partition coefficient (Wildman–Crippen LogP) is 2.05. The largest absolute Gasteiger partial charge is 0.488 e. The number of rotatable bonds is 4. The van der Waals surface area contributed by atoms with Crippen LogP contribution in [0.5, 0.6) is 5.75 Å². The molecule has 1 N–H and O–H groups in total. The summed E-state index contributed by atoms with van der Waals surface area (Å²) < 4.78 is 29.1. The minimum atomic E-state index is -2.43. The number of anilines is 1. The van der Waals surface area contributed by atoms with E-state index in [1.807, 2.05) is 19.1 Å². The van der Waals surface area contributed by atoms with E-state index in [2.05, 4.69) is 10.2 Å². The van der Waals surface area contributed by atoms with E-state index in [1.165, 1.54) is 0 Å². The SMILES string of the molecule is Cc1cc(OCC(F)F)ccc1N1CCNCC1. The molecule has 0 atom stereocenters. The molecular formula is C13H18F2N2O. The summed E-state index contributed by atoms with van der Waals surface area (Å²) in [6.45, 7) is 5.32. The van der Waals surface area contributed by atoms with Gasteiger partial charge >= 0.3 is 0 Å². The zero-order chi connectivity index (χ0) is 13.0. The molecule has 0 spiro atoms. The van der Waals surface area contributed by atoms with Crippen molar-refractivity contribution in [2.45, 2.75) is 13.3 Å². The van der Waals surface area contributed by atoms with Crippen molar-refractivity contribution in [3.8, 4) is 5.75 Å². The Morgan fingerprint density at radius 1 is 1.33 bits per heavy atom. The van der Waals surface area contributed by atoms with Gasteiger partial charge in [0.05, 0.1) is 0 Å². The smallest absolute Gasteiger partial charge is 0.272 e. The first kappa shape index (κ1) is 13.1. The van der Waals surface area contributed by atoms with E-state index >= 15 is 0 Å². The molecule has 0 aromatic heterocycles. The number of aryl methyl sites for hydroxylation is 1. The second-order valence-electron chi connectivity index (χ2n) is 4.39. The lowest BCUT2D eigenvalue weighted by atomic mass is 10.1. The van der Waals surface area contributed by atoms with Gasteiger partial charge in [-0.1, -0.05) is 0 Å². The molecule has 0 unspecified atom stereocenters. The molecule has 0 aliphatic carbocycles. The van der Waals surface area contributed by atoms with E-state index in [1.54, 1.807) is 6.07 Å². The molecule has 1 aliphatic heterocycles. The molecule has 5 heteroatoms. The summed E-state index contributed by atoms with van der Waals surface area (Å²) in [4.78, 5) is 2.29. The molecule has 0 amide bonds. The number of hydrogen-bond acceptors (Lipinski definition) is 3. The molecule has 18 heavy (non-hydrogen) atoms. The highest BCUT2D eigenvalue weighted by atomic mass is 19.3. The first-order valence-electron chi connectivity index (χ1n) is 6.14. The number of alkyl halides is 2. The standard InChI is InChI=1S/C13H18F2N2O/c1-10-8-11(18-9-13(14)15)2-3-12(10)17-6-4-16-5-7-17/h2-3,8,13,16H,4-7,9H2,1H3. The highest BCUT2D eigenvalue weighted by Crippen LogP contribution is 2.25. The van der Waals surface area contributed by atoms with Crippen molar-refractivity contribution in [1.82, 2.24) is 5.32 Å². The van der Waals surface area contributed by atoms with E-state index < -0.39 is 13.0 Å². The van der Waals surface area contributed by atoms with Gasteiger partial charge in [0, 0.05) is 31.9 Å². The van der Waals surface area contributed by atoms with Crippen LogP contribution in [0, 0.1) is 6.92 Å². The molecule has 1 aliphatic rings. The number of ether oxygens (including phenoxy) is 1. The monoisotopic (exact) mass is 256 g/mol. The Balaban J connectivity index is 2.04. The van der Waals surface area contributed by atoms with Gasteiger partial charge in [0.25, 0.3) is 6.43 Å². The zero-order valence-corrected chi connectivity index (χ0v) is 10.5. The van der Waals surface area contributed by atoms with Crippen molar-refractivity contribution in [1.29, 1.82) is 0 Å². The van der Waals surface area contributed by atoms with Crippen LogP contribution in [0.15, 0.2) is 18.2 Å². The van der Waals surface area contributed by atoms with Gasteiger partial charge in [0.15, 0.2) is 0 Å². The molecule has 1 heterocycles. The van der Waals surface area contributed by atoms with E-state index in [-0.39, 0.29) is 0 Å². The summed E-state index contributed by atoms with van der Waals surface area (Å²) in [5.41, 5.74) is 2.21. The average molecular weight is 256 g/mol.